The van der Waals surface area contributed by atoms with Crippen molar-refractivity contribution in [3.63, 3.8) is 0 Å². The maximum atomic E-state index is 13.3. The fourth-order valence-electron chi connectivity index (χ4n) is 4.51. The first-order valence-corrected chi connectivity index (χ1v) is 12.8. The molecule has 1 fully saturated rings. The van der Waals surface area contributed by atoms with Crippen LogP contribution in [0, 0.1) is 18.1 Å². The Morgan fingerprint density at radius 1 is 1.25 bits per heavy atom. The van der Waals surface area contributed by atoms with Crippen LogP contribution in [0.15, 0.2) is 42.9 Å². The molecule has 1 aliphatic rings. The number of piperidine rings is 1. The van der Waals surface area contributed by atoms with Gasteiger partial charge in [0.25, 0.3) is 0 Å². The molecule has 2 atom stereocenters. The summed E-state index contributed by atoms with van der Waals surface area (Å²) in [5.41, 5.74) is 9.68. The first kappa shape index (κ1) is 23.7. The van der Waals surface area contributed by atoms with Crippen LogP contribution in [0.25, 0.3) is 20.8 Å². The van der Waals surface area contributed by atoms with Gasteiger partial charge in [-0.15, -0.1) is 11.3 Å². The number of carbonyl (C=O) groups excluding carboxylic acids is 2. The average molecular weight is 499 g/mol. The van der Waals surface area contributed by atoms with E-state index in [4.69, 9.17) is 10.7 Å². The smallest absolute Gasteiger partial charge is 0.313 e. The molecule has 2 amide bonds. The number of pyridine rings is 2. The fraction of sp³-hybridized carbons (Fsp3) is 0.296. The Labute approximate surface area is 213 Å². The lowest BCUT2D eigenvalue weighted by Crippen LogP contribution is -2.46. The summed E-state index contributed by atoms with van der Waals surface area (Å²) in [5.74, 6) is -0.570. The molecule has 3 aromatic heterocycles. The largest absolute Gasteiger partial charge is 0.383 e. The van der Waals surface area contributed by atoms with E-state index in [1.165, 1.54) is 17.5 Å². The Morgan fingerprint density at radius 2 is 2.11 bits per heavy atom. The molecule has 0 spiro atoms. The van der Waals surface area contributed by atoms with Crippen molar-refractivity contribution in [1.82, 2.24) is 19.9 Å². The summed E-state index contributed by atoms with van der Waals surface area (Å²) >= 11 is 1.53. The van der Waals surface area contributed by atoms with E-state index in [1.54, 1.807) is 23.4 Å². The van der Waals surface area contributed by atoms with Crippen LogP contribution in [-0.4, -0.2) is 38.2 Å². The lowest BCUT2D eigenvalue weighted by Gasteiger charge is -2.37. The van der Waals surface area contributed by atoms with Gasteiger partial charge in [0.2, 0.25) is 0 Å². The molecule has 0 aliphatic carbocycles. The van der Waals surface area contributed by atoms with Crippen molar-refractivity contribution in [2.24, 2.45) is 5.92 Å². The zero-order valence-electron chi connectivity index (χ0n) is 20.1. The SMILES string of the molecule is CCc1cc(NC(=O)C(=O)N2C[C@@H](C)CC[C@@H]2c2c#cc3sc(-c4cccnc4)nc3c2)cnc1N. The number of nitrogens with zero attached hydrogens (tertiary/aromatic N) is 4. The molecular weight excluding hydrogens is 472 g/mol. The Bertz CT molecular complexity index is 1420. The number of rotatable bonds is 4. The molecule has 0 unspecified atom stereocenters. The topological polar surface area (TPSA) is 114 Å². The third-order valence-corrected chi connectivity index (χ3v) is 7.48. The molecule has 1 aliphatic heterocycles. The zero-order chi connectivity index (χ0) is 25.2. The molecular formula is C27H26N6O2S. The van der Waals surface area contributed by atoms with E-state index >= 15 is 0 Å². The van der Waals surface area contributed by atoms with Gasteiger partial charge in [-0.1, -0.05) is 19.9 Å². The number of thiazole rings is 1. The van der Waals surface area contributed by atoms with E-state index in [2.05, 4.69) is 34.3 Å². The van der Waals surface area contributed by atoms with E-state index in [1.807, 2.05) is 25.1 Å². The highest BCUT2D eigenvalue weighted by atomic mass is 32.1. The van der Waals surface area contributed by atoms with Crippen LogP contribution >= 0.6 is 11.3 Å². The number of aryl methyl sites for hydroxylation is 1. The Morgan fingerprint density at radius 3 is 2.89 bits per heavy atom. The molecule has 5 rings (SSSR count). The van der Waals surface area contributed by atoms with E-state index in [-0.39, 0.29) is 12.0 Å². The molecule has 0 radical (unpaired) electrons. The van der Waals surface area contributed by atoms with Gasteiger partial charge in [0.15, 0.2) is 0 Å². The number of carbonyl (C=O) groups is 2. The van der Waals surface area contributed by atoms with Gasteiger partial charge in [0, 0.05) is 30.1 Å². The van der Waals surface area contributed by atoms with Crippen LogP contribution < -0.4 is 11.1 Å². The Balaban J connectivity index is 1.40. The molecule has 4 aromatic rings. The number of aromatic nitrogens is 3. The third kappa shape index (κ3) is 4.72. The van der Waals surface area contributed by atoms with Crippen molar-refractivity contribution in [2.45, 2.75) is 39.2 Å². The van der Waals surface area contributed by atoms with Gasteiger partial charge in [-0.3, -0.25) is 14.6 Å². The van der Waals surface area contributed by atoms with Crippen molar-refractivity contribution in [1.29, 1.82) is 0 Å². The molecule has 182 valence electrons. The lowest BCUT2D eigenvalue weighted by atomic mass is 9.90. The standard InChI is InChI=1S/C27H26N6O2S/c1-3-17-11-20(14-30-24(17)28)31-25(34)27(35)33-15-16(2)6-8-22(33)18-7-9-23-21(12-18)32-26(36-23)19-5-4-10-29-13-19/h4-5,10-14,16,22H,3,6,8,15H2,1-2H3,(H2,28,30)(H,31,34)/t16-,22+/m0/s1. The molecule has 1 saturated heterocycles. The second-order valence-electron chi connectivity index (χ2n) is 9.06. The van der Waals surface area contributed by atoms with Gasteiger partial charge < -0.3 is 16.0 Å². The summed E-state index contributed by atoms with van der Waals surface area (Å²) in [6.45, 7) is 4.53. The first-order valence-electron chi connectivity index (χ1n) is 11.9. The van der Waals surface area contributed by atoms with Crippen molar-refractivity contribution < 1.29 is 9.59 Å². The van der Waals surface area contributed by atoms with Crippen LogP contribution in [-0.2, 0) is 16.0 Å². The highest BCUT2D eigenvalue weighted by molar-refractivity contribution is 7.21. The Kier molecular flexibility index (Phi) is 6.53. The number of amides is 2. The van der Waals surface area contributed by atoms with Crippen LogP contribution in [0.1, 0.15) is 43.9 Å². The molecule has 0 saturated carbocycles. The van der Waals surface area contributed by atoms with Crippen LogP contribution in [0.4, 0.5) is 11.5 Å². The molecule has 0 bridgehead atoms. The summed E-state index contributed by atoms with van der Waals surface area (Å²) in [7, 11) is 0. The minimum Gasteiger partial charge on any atom is -0.383 e. The number of nitrogens with one attached hydrogen (secondary N) is 1. The van der Waals surface area contributed by atoms with Gasteiger partial charge in [-0.25, -0.2) is 9.97 Å². The summed E-state index contributed by atoms with van der Waals surface area (Å²) in [4.78, 5) is 41.0. The number of hydrogen-bond acceptors (Lipinski definition) is 7. The zero-order valence-corrected chi connectivity index (χ0v) is 20.9. The van der Waals surface area contributed by atoms with Crippen LogP contribution in [0.5, 0.6) is 0 Å². The highest BCUT2D eigenvalue weighted by Gasteiger charge is 2.34. The van der Waals surface area contributed by atoms with Gasteiger partial charge >= 0.3 is 11.8 Å². The van der Waals surface area contributed by atoms with E-state index < -0.39 is 11.8 Å². The molecule has 36 heavy (non-hydrogen) atoms. The minimum atomic E-state index is -0.694. The monoisotopic (exact) mass is 498 g/mol. The number of nitrogens with two attached hydrogens (primary N) is 1. The maximum absolute atomic E-state index is 13.3. The summed E-state index contributed by atoms with van der Waals surface area (Å²) < 4.78 is 0.889. The van der Waals surface area contributed by atoms with Gasteiger partial charge in [0.1, 0.15) is 15.5 Å². The fourth-order valence-corrected chi connectivity index (χ4v) is 5.40. The molecule has 1 aromatic carbocycles. The number of fused-ring (bicyclic) bond motifs is 1. The number of anilines is 2. The summed E-state index contributed by atoms with van der Waals surface area (Å²) in [6, 6.07) is 13.7. The van der Waals surface area contributed by atoms with Crippen molar-refractivity contribution in [3.05, 3.63) is 66.1 Å². The second-order valence-corrected chi connectivity index (χ2v) is 10.1. The predicted molar refractivity (Wildman–Crippen MR) is 140 cm³/mol. The minimum absolute atomic E-state index is 0.278. The third-order valence-electron chi connectivity index (χ3n) is 6.45. The molecule has 9 heteroatoms. The lowest BCUT2D eigenvalue weighted by molar-refractivity contribution is -0.146. The van der Waals surface area contributed by atoms with E-state index in [0.717, 1.165) is 44.8 Å². The number of hydrogen-bond donors (Lipinski definition) is 2. The summed E-state index contributed by atoms with van der Waals surface area (Å²) in [5, 5.41) is 3.55. The first-order chi connectivity index (χ1) is 17.4. The molecule has 8 nitrogen and oxygen atoms in total. The van der Waals surface area contributed by atoms with Gasteiger partial charge in [-0.2, -0.15) is 0 Å². The van der Waals surface area contributed by atoms with Crippen molar-refractivity contribution in [3.8, 4) is 10.6 Å². The van der Waals surface area contributed by atoms with E-state index in [0.29, 0.717) is 24.5 Å². The highest BCUT2D eigenvalue weighted by Crippen LogP contribution is 2.35. The van der Waals surface area contributed by atoms with Crippen molar-refractivity contribution in [2.75, 3.05) is 17.6 Å². The van der Waals surface area contributed by atoms with Gasteiger partial charge in [-0.05, 0) is 61.1 Å². The van der Waals surface area contributed by atoms with Crippen LogP contribution in [0.3, 0.4) is 0 Å². The number of likely N-dealkylation sites (tertiary alicyclic amines) is 1. The predicted octanol–water partition coefficient (Wildman–Crippen LogP) is 4.44. The maximum Gasteiger partial charge on any atom is 0.313 e. The average Bonchev–Trinajstić information content (AvgIpc) is 3.33. The van der Waals surface area contributed by atoms with E-state index in [9.17, 15) is 9.59 Å². The number of nitrogen functional groups attached to an aromatic ring is 1. The molecule has 4 heterocycles. The second kappa shape index (κ2) is 9.91. The quantitative estimate of drug-likeness (QED) is 0.402. The van der Waals surface area contributed by atoms with Gasteiger partial charge in [0.05, 0.1) is 23.4 Å². The van der Waals surface area contributed by atoms with Crippen LogP contribution in [0.2, 0.25) is 0 Å². The molecule has 3 N–H and O–H groups in total. The Hall–Kier alpha value is -4.03. The normalized spacial score (nSPS) is 17.6. The van der Waals surface area contributed by atoms with Crippen molar-refractivity contribution >= 4 is 44.9 Å². The summed E-state index contributed by atoms with van der Waals surface area (Å²) in [6.07, 6.45) is 7.34.